The van der Waals surface area contributed by atoms with E-state index in [0.29, 0.717) is 17.6 Å². The molecule has 4 heterocycles. The number of pyridine rings is 1. The highest BCUT2D eigenvalue weighted by molar-refractivity contribution is 7.15. The van der Waals surface area contributed by atoms with Gasteiger partial charge in [0.05, 0.1) is 18.4 Å². The smallest absolute Gasteiger partial charge is 0.240 e. The van der Waals surface area contributed by atoms with Crippen LogP contribution in [0.4, 0.5) is 5.13 Å². The molecule has 3 aromatic rings. The molecule has 0 bridgehead atoms. The maximum Gasteiger partial charge on any atom is 0.240 e. The number of amides is 1. The minimum absolute atomic E-state index is 0.00681. The Labute approximate surface area is 174 Å². The van der Waals surface area contributed by atoms with Gasteiger partial charge in [0, 0.05) is 47.5 Å². The summed E-state index contributed by atoms with van der Waals surface area (Å²) in [5.74, 6) is 0.329. The third-order valence-corrected chi connectivity index (χ3v) is 6.33. The second-order valence-corrected chi connectivity index (χ2v) is 8.96. The molecule has 0 aromatic carbocycles. The van der Waals surface area contributed by atoms with Crippen LogP contribution in [-0.2, 0) is 11.8 Å². The van der Waals surface area contributed by atoms with E-state index in [1.165, 1.54) is 11.3 Å². The van der Waals surface area contributed by atoms with E-state index in [0.717, 1.165) is 52.6 Å². The lowest BCUT2D eigenvalue weighted by Crippen LogP contribution is -2.31. The largest absolute Gasteiger partial charge is 0.301 e. The van der Waals surface area contributed by atoms with Crippen LogP contribution in [0.2, 0.25) is 0 Å². The van der Waals surface area contributed by atoms with Crippen molar-refractivity contribution in [3.63, 3.8) is 0 Å². The maximum atomic E-state index is 12.4. The fourth-order valence-corrected chi connectivity index (χ4v) is 4.58. The molecule has 0 aliphatic carbocycles. The molecule has 0 saturated carbocycles. The Hall–Kier alpha value is -2.58. The molecular formula is C21H26N6OS. The van der Waals surface area contributed by atoms with Gasteiger partial charge in [0.25, 0.3) is 0 Å². The molecule has 8 heteroatoms. The van der Waals surface area contributed by atoms with Crippen LogP contribution in [0.1, 0.15) is 34.3 Å². The second-order valence-electron chi connectivity index (χ2n) is 7.75. The molecule has 0 spiro atoms. The van der Waals surface area contributed by atoms with Gasteiger partial charge in [-0.15, -0.1) is 11.3 Å². The van der Waals surface area contributed by atoms with Crippen LogP contribution in [0.5, 0.6) is 0 Å². The van der Waals surface area contributed by atoms with Crippen LogP contribution in [0, 0.1) is 20.8 Å². The van der Waals surface area contributed by atoms with Gasteiger partial charge >= 0.3 is 0 Å². The maximum absolute atomic E-state index is 12.4. The molecule has 0 radical (unpaired) electrons. The third kappa shape index (κ3) is 4.54. The number of anilines is 1. The summed E-state index contributed by atoms with van der Waals surface area (Å²) in [5.41, 5.74) is 5.32. The zero-order valence-electron chi connectivity index (χ0n) is 17.3. The third-order valence-electron chi connectivity index (χ3n) is 5.34. The SMILES string of the molecule is Cc1cc(-c2cnn(C)c2)cc([C@H]2CCN(CC(=O)Nc3nc(C)c(C)s3)C2)n1. The minimum Gasteiger partial charge on any atom is -0.301 e. The van der Waals surface area contributed by atoms with Gasteiger partial charge < -0.3 is 5.32 Å². The quantitative estimate of drug-likeness (QED) is 0.698. The first kappa shape index (κ1) is 19.7. The Morgan fingerprint density at radius 1 is 1.24 bits per heavy atom. The van der Waals surface area contributed by atoms with Crippen molar-refractivity contribution < 1.29 is 4.79 Å². The molecule has 1 aliphatic heterocycles. The molecular weight excluding hydrogens is 384 g/mol. The lowest BCUT2D eigenvalue weighted by Gasteiger charge is -2.15. The molecule has 29 heavy (non-hydrogen) atoms. The number of nitrogens with zero attached hydrogens (tertiary/aromatic N) is 5. The second kappa shape index (κ2) is 8.04. The van der Waals surface area contributed by atoms with Gasteiger partial charge in [-0.25, -0.2) is 4.98 Å². The van der Waals surface area contributed by atoms with Gasteiger partial charge in [0.15, 0.2) is 5.13 Å². The number of aromatic nitrogens is 4. The predicted octanol–water partition coefficient (Wildman–Crippen LogP) is 3.29. The van der Waals surface area contributed by atoms with Crippen LogP contribution < -0.4 is 5.32 Å². The monoisotopic (exact) mass is 410 g/mol. The van der Waals surface area contributed by atoms with Crippen LogP contribution in [0.3, 0.4) is 0 Å². The number of thiazole rings is 1. The van der Waals surface area contributed by atoms with Crippen molar-refractivity contribution in [3.8, 4) is 11.1 Å². The van der Waals surface area contributed by atoms with Gasteiger partial charge in [0.2, 0.25) is 5.91 Å². The number of likely N-dealkylation sites (tertiary alicyclic amines) is 1. The number of carbonyl (C=O) groups excluding carboxylic acids is 1. The first-order valence-corrected chi connectivity index (χ1v) is 10.6. The number of hydrogen-bond donors (Lipinski definition) is 1. The van der Waals surface area contributed by atoms with Crippen molar-refractivity contribution in [1.29, 1.82) is 0 Å². The Bertz CT molecular complexity index is 1020. The summed E-state index contributed by atoms with van der Waals surface area (Å²) in [6.45, 7) is 8.12. The summed E-state index contributed by atoms with van der Waals surface area (Å²) in [6, 6.07) is 4.26. The van der Waals surface area contributed by atoms with Crippen molar-refractivity contribution in [2.45, 2.75) is 33.1 Å². The number of aryl methyl sites for hydroxylation is 4. The molecule has 1 aliphatic rings. The van der Waals surface area contributed by atoms with Crippen molar-refractivity contribution in [2.24, 2.45) is 7.05 Å². The van der Waals surface area contributed by atoms with Gasteiger partial charge in [-0.2, -0.15) is 5.10 Å². The van der Waals surface area contributed by atoms with E-state index >= 15 is 0 Å². The Balaban J connectivity index is 1.40. The molecule has 1 fully saturated rings. The van der Waals surface area contributed by atoms with Gasteiger partial charge in [-0.1, -0.05) is 0 Å². The lowest BCUT2D eigenvalue weighted by molar-refractivity contribution is -0.117. The average molecular weight is 411 g/mol. The molecule has 1 amide bonds. The molecule has 152 valence electrons. The number of hydrogen-bond acceptors (Lipinski definition) is 6. The van der Waals surface area contributed by atoms with Crippen LogP contribution in [0.15, 0.2) is 24.5 Å². The predicted molar refractivity (Wildman–Crippen MR) is 115 cm³/mol. The standard InChI is InChI=1S/C21H26N6OS/c1-13-7-17(18-9-22-26(4)10-18)8-19(23-13)16-5-6-27(11-16)12-20(28)25-21-24-14(2)15(3)29-21/h7-10,16H,5-6,11-12H2,1-4H3,(H,24,25,28)/t16-/m0/s1. The van der Waals surface area contributed by atoms with Crippen molar-refractivity contribution >= 4 is 22.4 Å². The van der Waals surface area contributed by atoms with Crippen LogP contribution in [0.25, 0.3) is 11.1 Å². The first-order valence-electron chi connectivity index (χ1n) is 9.81. The topological polar surface area (TPSA) is 75.9 Å². The normalized spacial score (nSPS) is 17.0. The summed E-state index contributed by atoms with van der Waals surface area (Å²) in [7, 11) is 1.92. The van der Waals surface area contributed by atoms with E-state index < -0.39 is 0 Å². The molecule has 7 nitrogen and oxygen atoms in total. The highest BCUT2D eigenvalue weighted by atomic mass is 32.1. The molecule has 3 aromatic heterocycles. The number of rotatable bonds is 5. The van der Waals surface area contributed by atoms with Crippen molar-refractivity contribution in [2.75, 3.05) is 25.0 Å². The van der Waals surface area contributed by atoms with Crippen molar-refractivity contribution in [3.05, 3.63) is 46.5 Å². The summed E-state index contributed by atoms with van der Waals surface area (Å²) in [6.07, 6.45) is 4.91. The summed E-state index contributed by atoms with van der Waals surface area (Å²) >= 11 is 1.52. The van der Waals surface area contributed by atoms with E-state index in [1.807, 2.05) is 44.9 Å². The zero-order valence-corrected chi connectivity index (χ0v) is 18.1. The first-order chi connectivity index (χ1) is 13.9. The minimum atomic E-state index is -0.00681. The molecule has 1 saturated heterocycles. The fraction of sp³-hybridized carbons (Fsp3) is 0.429. The van der Waals surface area contributed by atoms with Crippen molar-refractivity contribution in [1.82, 2.24) is 24.6 Å². The summed E-state index contributed by atoms with van der Waals surface area (Å²) < 4.78 is 1.81. The fourth-order valence-electron chi connectivity index (χ4n) is 3.75. The molecule has 1 N–H and O–H groups in total. The van der Waals surface area contributed by atoms with E-state index in [1.54, 1.807) is 0 Å². The Morgan fingerprint density at radius 3 is 2.76 bits per heavy atom. The van der Waals surface area contributed by atoms with Gasteiger partial charge in [-0.3, -0.25) is 19.4 Å². The van der Waals surface area contributed by atoms with E-state index in [4.69, 9.17) is 4.98 Å². The lowest BCUT2D eigenvalue weighted by atomic mass is 10.00. The zero-order chi connectivity index (χ0) is 20.5. The summed E-state index contributed by atoms with van der Waals surface area (Å²) in [5, 5.41) is 7.89. The number of carbonyl (C=O) groups is 1. The van der Waals surface area contributed by atoms with Crippen LogP contribution >= 0.6 is 11.3 Å². The summed E-state index contributed by atoms with van der Waals surface area (Å²) in [4.78, 5) is 24.9. The van der Waals surface area contributed by atoms with Crippen LogP contribution in [-0.4, -0.2) is 50.2 Å². The highest BCUT2D eigenvalue weighted by Crippen LogP contribution is 2.29. The Kier molecular flexibility index (Phi) is 5.47. The van der Waals surface area contributed by atoms with Gasteiger partial charge in [0.1, 0.15) is 0 Å². The number of nitrogens with one attached hydrogen (secondary N) is 1. The van der Waals surface area contributed by atoms with Gasteiger partial charge in [-0.05, 0) is 51.4 Å². The molecule has 0 unspecified atom stereocenters. The molecule has 1 atom stereocenters. The Morgan fingerprint density at radius 2 is 2.07 bits per heavy atom. The molecule has 4 rings (SSSR count). The van der Waals surface area contributed by atoms with E-state index in [9.17, 15) is 4.79 Å². The van der Waals surface area contributed by atoms with E-state index in [2.05, 4.69) is 32.4 Å². The average Bonchev–Trinajstić information content (AvgIpc) is 3.36. The van der Waals surface area contributed by atoms with E-state index in [-0.39, 0.29) is 5.91 Å². The highest BCUT2D eigenvalue weighted by Gasteiger charge is 2.27.